The molecule has 0 rings (SSSR count). The lowest BCUT2D eigenvalue weighted by atomic mass is 10.0. The van der Waals surface area contributed by atoms with Gasteiger partial charge in [0, 0.05) is 12.8 Å². The van der Waals surface area contributed by atoms with E-state index in [1.807, 2.05) is 33.3 Å². The van der Waals surface area contributed by atoms with Crippen molar-refractivity contribution >= 4 is 19.7 Å². The van der Waals surface area contributed by atoms with Crippen molar-refractivity contribution in [3.05, 3.63) is 24.3 Å². The predicted octanol–water partition coefficient (Wildman–Crippen LogP) is 20.7. The molecule has 0 aromatic rings. The highest BCUT2D eigenvalue weighted by molar-refractivity contribution is 7.45. The van der Waals surface area contributed by atoms with Crippen LogP contribution in [0.15, 0.2) is 24.3 Å². The minimum Gasteiger partial charge on any atom is -0.756 e. The first-order chi connectivity index (χ1) is 37.9. The van der Waals surface area contributed by atoms with Crippen LogP contribution in [-0.4, -0.2) is 69.4 Å². The Morgan fingerprint density at radius 1 is 0.436 bits per heavy atom. The number of esters is 1. The van der Waals surface area contributed by atoms with Crippen LogP contribution in [0.25, 0.3) is 0 Å². The fraction of sp³-hybridized carbons (Fsp3) is 0.912. The number of hydrogen-bond donors (Lipinski definition) is 1. The molecule has 3 atom stereocenters. The number of likely N-dealkylation sites (N-methyl/N-ethyl adjacent to an activating group) is 1. The molecule has 0 aromatic carbocycles. The highest BCUT2D eigenvalue weighted by Crippen LogP contribution is 2.38. The fourth-order valence-corrected chi connectivity index (χ4v) is 11.1. The summed E-state index contributed by atoms with van der Waals surface area (Å²) < 4.78 is 30.4. The molecule has 0 bridgehead atoms. The van der Waals surface area contributed by atoms with Crippen LogP contribution in [0.4, 0.5) is 0 Å². The molecule has 0 saturated heterocycles. The van der Waals surface area contributed by atoms with Crippen molar-refractivity contribution in [1.82, 2.24) is 5.32 Å². The number of amides is 1. The van der Waals surface area contributed by atoms with Gasteiger partial charge in [0.2, 0.25) is 5.91 Å². The van der Waals surface area contributed by atoms with Gasteiger partial charge in [-0.1, -0.05) is 302 Å². The summed E-state index contributed by atoms with van der Waals surface area (Å²) in [5.41, 5.74) is 0. The van der Waals surface area contributed by atoms with Gasteiger partial charge in [0.05, 0.1) is 33.8 Å². The van der Waals surface area contributed by atoms with E-state index in [-0.39, 0.29) is 31.5 Å². The molecule has 1 amide bonds. The quantitative estimate of drug-likeness (QED) is 0.0212. The smallest absolute Gasteiger partial charge is 0.306 e. The molecule has 78 heavy (non-hydrogen) atoms. The standard InChI is InChI=1S/C68H133N2O7P/c1-7-10-13-16-19-22-25-28-30-32-33-34-35-36-37-39-40-42-45-48-51-54-57-60-67(71)69-65(64-76-78(73,74)75-63-62-70(4,5)6)66(59-56-53-50-47-44-27-24-21-18-15-12-9-3)77-68(72)61-58-55-52-49-46-43-41-38-31-29-26-23-20-17-14-11-8-2/h29,31,56,59,65-66H,7-28,30,32-55,57-58,60-64H2,1-6H3,(H-,69,71,73,74)/b31-29+,59-56+. The van der Waals surface area contributed by atoms with E-state index in [0.29, 0.717) is 17.4 Å². The third-order valence-corrected chi connectivity index (χ3v) is 16.6. The third-order valence-electron chi connectivity index (χ3n) is 15.6. The summed E-state index contributed by atoms with van der Waals surface area (Å²) in [7, 11) is 1.20. The van der Waals surface area contributed by atoms with Crippen LogP contribution in [-0.2, 0) is 27.9 Å². The second kappa shape index (κ2) is 58.7. The molecular formula is C68H133N2O7P. The number of carbonyl (C=O) groups excluding carboxylic acids is 2. The molecule has 10 heteroatoms. The summed E-state index contributed by atoms with van der Waals surface area (Å²) in [5, 5.41) is 3.04. The number of hydrogen-bond acceptors (Lipinski definition) is 7. The zero-order valence-corrected chi connectivity index (χ0v) is 53.8. The lowest BCUT2D eigenvalue weighted by Gasteiger charge is -2.30. The molecule has 9 nitrogen and oxygen atoms in total. The highest BCUT2D eigenvalue weighted by Gasteiger charge is 2.27. The van der Waals surface area contributed by atoms with Crippen LogP contribution in [0.1, 0.15) is 348 Å². The van der Waals surface area contributed by atoms with Gasteiger partial charge in [0.1, 0.15) is 19.3 Å². The van der Waals surface area contributed by atoms with E-state index in [0.717, 1.165) is 64.2 Å². The van der Waals surface area contributed by atoms with Crippen molar-refractivity contribution in [1.29, 1.82) is 0 Å². The van der Waals surface area contributed by atoms with Gasteiger partial charge in [-0.3, -0.25) is 14.2 Å². The molecule has 0 aliphatic carbocycles. The molecule has 0 radical (unpaired) electrons. The summed E-state index contributed by atoms with van der Waals surface area (Å²) in [6, 6.07) is -0.885. The van der Waals surface area contributed by atoms with Crippen molar-refractivity contribution in [2.75, 3.05) is 40.9 Å². The minimum atomic E-state index is -4.70. The molecule has 0 aliphatic heterocycles. The first kappa shape index (κ1) is 76.5. The number of phosphoric acid groups is 1. The molecule has 0 fully saturated rings. The van der Waals surface area contributed by atoms with Gasteiger partial charge in [-0.2, -0.15) is 0 Å². The zero-order chi connectivity index (χ0) is 57.2. The maximum Gasteiger partial charge on any atom is 0.306 e. The molecular weight excluding hydrogens is 988 g/mol. The Bertz CT molecular complexity index is 1380. The molecule has 0 heterocycles. The first-order valence-corrected chi connectivity index (χ1v) is 35.6. The zero-order valence-electron chi connectivity index (χ0n) is 52.9. The topological polar surface area (TPSA) is 114 Å². The first-order valence-electron chi connectivity index (χ1n) is 34.1. The Hall–Kier alpha value is -1.51. The average molecular weight is 1120 g/mol. The van der Waals surface area contributed by atoms with E-state index in [4.69, 9.17) is 13.8 Å². The molecule has 0 spiro atoms. The van der Waals surface area contributed by atoms with Crippen molar-refractivity contribution in [2.24, 2.45) is 0 Å². The van der Waals surface area contributed by atoms with E-state index in [9.17, 15) is 19.0 Å². The highest BCUT2D eigenvalue weighted by atomic mass is 31.2. The Labute approximate surface area is 485 Å². The number of unbranched alkanes of at least 4 members (excludes halogenated alkanes) is 45. The van der Waals surface area contributed by atoms with E-state index in [1.165, 1.54) is 250 Å². The largest absolute Gasteiger partial charge is 0.756 e. The van der Waals surface area contributed by atoms with Crippen LogP contribution < -0.4 is 10.2 Å². The van der Waals surface area contributed by atoms with Gasteiger partial charge >= 0.3 is 5.97 Å². The number of phosphoric ester groups is 1. The lowest BCUT2D eigenvalue weighted by Crippen LogP contribution is -2.47. The molecule has 0 aromatic heterocycles. The minimum absolute atomic E-state index is 0.0191. The summed E-state index contributed by atoms with van der Waals surface area (Å²) in [6.07, 6.45) is 70.1. The molecule has 0 saturated carbocycles. The number of carbonyl (C=O) groups is 2. The van der Waals surface area contributed by atoms with E-state index >= 15 is 0 Å². The number of allylic oxidation sites excluding steroid dienone is 3. The Balaban J connectivity index is 5.08. The lowest BCUT2D eigenvalue weighted by molar-refractivity contribution is -0.870. The van der Waals surface area contributed by atoms with Gasteiger partial charge < -0.3 is 28.5 Å². The molecule has 462 valence electrons. The van der Waals surface area contributed by atoms with Gasteiger partial charge in [0.15, 0.2) is 0 Å². The Kier molecular flexibility index (Phi) is 57.5. The average Bonchev–Trinajstić information content (AvgIpc) is 3.40. The van der Waals surface area contributed by atoms with E-state index < -0.39 is 20.0 Å². The van der Waals surface area contributed by atoms with Gasteiger partial charge in [-0.15, -0.1) is 0 Å². The number of ether oxygens (including phenoxy) is 1. The Morgan fingerprint density at radius 2 is 0.744 bits per heavy atom. The third kappa shape index (κ3) is 59.1. The maximum absolute atomic E-state index is 13.6. The van der Waals surface area contributed by atoms with Crippen LogP contribution in [0.5, 0.6) is 0 Å². The fourth-order valence-electron chi connectivity index (χ4n) is 10.3. The summed E-state index contributed by atoms with van der Waals surface area (Å²) in [4.78, 5) is 40.1. The van der Waals surface area contributed by atoms with Crippen LogP contribution in [0, 0.1) is 0 Å². The number of quaternary nitrogens is 1. The second-order valence-corrected chi connectivity index (χ2v) is 26.1. The van der Waals surface area contributed by atoms with Crippen LogP contribution in [0.3, 0.4) is 0 Å². The molecule has 3 unspecified atom stereocenters. The Morgan fingerprint density at radius 3 is 1.09 bits per heavy atom. The van der Waals surface area contributed by atoms with Crippen molar-refractivity contribution in [3.63, 3.8) is 0 Å². The number of rotatable bonds is 63. The SMILES string of the molecule is CCCCCCCC/C=C/CCCCCCCCCC(=O)OC(/C=C/CCCCCCCCCCCC)C(COP(=O)([O-])OCC[N+](C)(C)C)NC(=O)CCCCCCCCCCCCCCCCCCCCCCCCC. The monoisotopic (exact) mass is 1120 g/mol. The normalized spacial score (nSPS) is 13.7. The van der Waals surface area contributed by atoms with Gasteiger partial charge in [-0.25, -0.2) is 0 Å². The van der Waals surface area contributed by atoms with Crippen molar-refractivity contribution in [3.8, 4) is 0 Å². The number of nitrogens with one attached hydrogen (secondary N) is 1. The second-order valence-electron chi connectivity index (χ2n) is 24.7. The van der Waals surface area contributed by atoms with Crippen LogP contribution >= 0.6 is 7.82 Å². The maximum atomic E-state index is 13.6. The van der Waals surface area contributed by atoms with E-state index in [2.05, 4.69) is 38.2 Å². The summed E-state index contributed by atoms with van der Waals surface area (Å²) >= 11 is 0. The molecule has 1 N–H and O–H groups in total. The number of nitrogens with zero attached hydrogens (tertiary/aromatic N) is 1. The van der Waals surface area contributed by atoms with Gasteiger partial charge in [0.25, 0.3) is 7.82 Å². The van der Waals surface area contributed by atoms with E-state index in [1.54, 1.807) is 0 Å². The summed E-state index contributed by atoms with van der Waals surface area (Å²) in [6.45, 7) is 6.89. The summed E-state index contributed by atoms with van der Waals surface area (Å²) in [5.74, 6) is -0.526. The van der Waals surface area contributed by atoms with Crippen molar-refractivity contribution in [2.45, 2.75) is 360 Å². The van der Waals surface area contributed by atoms with Crippen LogP contribution in [0.2, 0.25) is 0 Å². The van der Waals surface area contributed by atoms with Gasteiger partial charge in [-0.05, 0) is 57.4 Å². The predicted molar refractivity (Wildman–Crippen MR) is 335 cm³/mol. The molecule has 0 aliphatic rings. The van der Waals surface area contributed by atoms with Crippen molar-refractivity contribution < 1.29 is 37.3 Å².